The number of ether oxygens (including phenoxy) is 1. The highest BCUT2D eigenvalue weighted by Crippen LogP contribution is 2.25. The summed E-state index contributed by atoms with van der Waals surface area (Å²) in [5.74, 6) is 0.907. The van der Waals surface area contributed by atoms with Gasteiger partial charge >= 0.3 is 0 Å². The second-order valence-electron chi connectivity index (χ2n) is 3.95. The maximum Gasteiger partial charge on any atom is 0.120 e. The van der Waals surface area contributed by atoms with Gasteiger partial charge in [0.2, 0.25) is 0 Å². The molecule has 1 heterocycles. The summed E-state index contributed by atoms with van der Waals surface area (Å²) in [4.78, 5) is 0. The molecule has 0 aliphatic carbocycles. The van der Waals surface area contributed by atoms with E-state index < -0.39 is 0 Å². The fourth-order valence-corrected chi connectivity index (χ4v) is 2.54. The Morgan fingerprint density at radius 2 is 2.40 bits per heavy atom. The molecule has 0 amide bonds. The summed E-state index contributed by atoms with van der Waals surface area (Å²) in [6.45, 7) is 1.17. The van der Waals surface area contributed by atoms with Gasteiger partial charge in [0.25, 0.3) is 0 Å². The van der Waals surface area contributed by atoms with E-state index in [4.69, 9.17) is 4.74 Å². The number of methoxy groups -OCH3 is 1. The van der Waals surface area contributed by atoms with Crippen LogP contribution in [0.5, 0.6) is 5.75 Å². The Morgan fingerprint density at radius 1 is 1.53 bits per heavy atom. The van der Waals surface area contributed by atoms with Crippen molar-refractivity contribution < 1.29 is 4.74 Å². The van der Waals surface area contributed by atoms with Gasteiger partial charge in [0.05, 0.1) is 7.11 Å². The number of benzene rings is 1. The van der Waals surface area contributed by atoms with Crippen LogP contribution in [0.25, 0.3) is 0 Å². The van der Waals surface area contributed by atoms with E-state index in [9.17, 15) is 0 Å². The van der Waals surface area contributed by atoms with Crippen LogP contribution < -0.4 is 10.1 Å². The monoisotopic (exact) mass is 269 g/mol. The maximum atomic E-state index is 5.17. The molecule has 82 valence electrons. The number of halogens is 1. The van der Waals surface area contributed by atoms with Gasteiger partial charge in [-0.15, -0.1) is 0 Å². The van der Waals surface area contributed by atoms with Gasteiger partial charge in [0.15, 0.2) is 0 Å². The molecule has 2 rings (SSSR count). The molecule has 15 heavy (non-hydrogen) atoms. The summed E-state index contributed by atoms with van der Waals surface area (Å²) in [7, 11) is 1.69. The average molecular weight is 270 g/mol. The molecular weight excluding hydrogens is 254 g/mol. The normalized spacial score (nSPS) is 20.5. The van der Waals surface area contributed by atoms with Crippen molar-refractivity contribution in [3.8, 4) is 5.75 Å². The van der Waals surface area contributed by atoms with E-state index in [1.54, 1.807) is 7.11 Å². The van der Waals surface area contributed by atoms with E-state index in [0.29, 0.717) is 6.04 Å². The molecule has 1 saturated heterocycles. The molecule has 3 heteroatoms. The van der Waals surface area contributed by atoms with Crippen molar-refractivity contribution in [3.63, 3.8) is 0 Å². The summed E-state index contributed by atoms with van der Waals surface area (Å²) in [6.07, 6.45) is 3.70. The lowest BCUT2D eigenvalue weighted by molar-refractivity contribution is 0.414. The number of hydrogen-bond acceptors (Lipinski definition) is 2. The van der Waals surface area contributed by atoms with Crippen molar-refractivity contribution in [2.45, 2.75) is 25.3 Å². The van der Waals surface area contributed by atoms with E-state index in [1.807, 2.05) is 12.1 Å². The predicted octanol–water partition coefficient (Wildman–Crippen LogP) is 2.75. The molecule has 1 unspecified atom stereocenters. The summed E-state index contributed by atoms with van der Waals surface area (Å²) in [6, 6.07) is 6.84. The van der Waals surface area contributed by atoms with Gasteiger partial charge < -0.3 is 10.1 Å². The van der Waals surface area contributed by atoms with Crippen molar-refractivity contribution >= 4 is 15.9 Å². The van der Waals surface area contributed by atoms with Crippen LogP contribution in [-0.4, -0.2) is 19.7 Å². The quantitative estimate of drug-likeness (QED) is 0.911. The molecule has 1 aromatic carbocycles. The second-order valence-corrected chi connectivity index (χ2v) is 4.81. The molecule has 0 aromatic heterocycles. The minimum absolute atomic E-state index is 0.648. The zero-order valence-electron chi connectivity index (χ0n) is 8.92. The zero-order valence-corrected chi connectivity index (χ0v) is 10.5. The molecule has 1 aliphatic heterocycles. The van der Waals surface area contributed by atoms with Crippen molar-refractivity contribution in [1.82, 2.24) is 5.32 Å². The van der Waals surface area contributed by atoms with Gasteiger partial charge in [-0.1, -0.05) is 22.0 Å². The molecular formula is C12H16BrNO. The van der Waals surface area contributed by atoms with Crippen LogP contribution in [0.3, 0.4) is 0 Å². The molecule has 1 aromatic rings. The zero-order chi connectivity index (χ0) is 10.7. The lowest BCUT2D eigenvalue weighted by Gasteiger charge is -2.12. The van der Waals surface area contributed by atoms with Crippen molar-refractivity contribution in [2.24, 2.45) is 0 Å². The summed E-state index contributed by atoms with van der Waals surface area (Å²) in [5, 5.41) is 3.51. The summed E-state index contributed by atoms with van der Waals surface area (Å²) in [5.41, 5.74) is 1.36. The molecule has 0 bridgehead atoms. The molecule has 0 saturated carbocycles. The van der Waals surface area contributed by atoms with Crippen LogP contribution in [0.4, 0.5) is 0 Å². The second kappa shape index (κ2) is 4.99. The fourth-order valence-electron chi connectivity index (χ4n) is 2.02. The highest BCUT2D eigenvalue weighted by molar-refractivity contribution is 9.10. The third-order valence-corrected chi connectivity index (χ3v) is 3.63. The summed E-state index contributed by atoms with van der Waals surface area (Å²) < 4.78 is 6.32. The molecule has 1 N–H and O–H groups in total. The predicted molar refractivity (Wildman–Crippen MR) is 65.4 cm³/mol. The first-order valence-electron chi connectivity index (χ1n) is 5.35. The van der Waals surface area contributed by atoms with Gasteiger partial charge in [0.1, 0.15) is 5.75 Å². The topological polar surface area (TPSA) is 21.3 Å². The molecule has 0 spiro atoms. The lowest BCUT2D eigenvalue weighted by Crippen LogP contribution is -2.23. The number of hydrogen-bond donors (Lipinski definition) is 1. The Labute approximate surface area is 99.1 Å². The number of nitrogens with one attached hydrogen (secondary N) is 1. The van der Waals surface area contributed by atoms with Crippen molar-refractivity contribution in [1.29, 1.82) is 0 Å². The van der Waals surface area contributed by atoms with Crippen LogP contribution in [0.2, 0.25) is 0 Å². The standard InChI is InChI=1S/C12H16BrNO/c1-15-11-5-4-9(12(13)8-11)7-10-3-2-6-14-10/h4-5,8,10,14H,2-3,6-7H2,1H3. The van der Waals surface area contributed by atoms with Gasteiger partial charge in [-0.05, 0) is 43.5 Å². The van der Waals surface area contributed by atoms with E-state index in [1.165, 1.54) is 24.9 Å². The smallest absolute Gasteiger partial charge is 0.120 e. The van der Waals surface area contributed by atoms with Gasteiger partial charge in [-0.2, -0.15) is 0 Å². The van der Waals surface area contributed by atoms with Crippen LogP contribution >= 0.6 is 15.9 Å². The third kappa shape index (κ3) is 2.73. The van der Waals surface area contributed by atoms with Gasteiger partial charge in [-0.3, -0.25) is 0 Å². The van der Waals surface area contributed by atoms with Crippen LogP contribution in [0, 0.1) is 0 Å². The molecule has 2 nitrogen and oxygen atoms in total. The molecule has 1 atom stereocenters. The number of rotatable bonds is 3. The Balaban J connectivity index is 2.07. The third-order valence-electron chi connectivity index (χ3n) is 2.89. The highest BCUT2D eigenvalue weighted by atomic mass is 79.9. The SMILES string of the molecule is COc1ccc(CC2CCCN2)c(Br)c1. The first kappa shape index (κ1) is 11.0. The Morgan fingerprint density at radius 3 is 3.00 bits per heavy atom. The van der Waals surface area contributed by atoms with Crippen LogP contribution in [-0.2, 0) is 6.42 Å². The highest BCUT2D eigenvalue weighted by Gasteiger charge is 2.15. The first-order valence-corrected chi connectivity index (χ1v) is 6.14. The fraction of sp³-hybridized carbons (Fsp3) is 0.500. The molecule has 1 aliphatic rings. The summed E-state index contributed by atoms with van der Waals surface area (Å²) >= 11 is 3.59. The first-order chi connectivity index (χ1) is 7.29. The molecule has 1 fully saturated rings. The van der Waals surface area contributed by atoms with Crippen molar-refractivity contribution in [3.05, 3.63) is 28.2 Å². The lowest BCUT2D eigenvalue weighted by atomic mass is 10.0. The van der Waals surface area contributed by atoms with Gasteiger partial charge in [0, 0.05) is 10.5 Å². The Bertz CT molecular complexity index is 334. The van der Waals surface area contributed by atoms with Crippen LogP contribution in [0.1, 0.15) is 18.4 Å². The van der Waals surface area contributed by atoms with E-state index >= 15 is 0 Å². The van der Waals surface area contributed by atoms with E-state index in [-0.39, 0.29) is 0 Å². The van der Waals surface area contributed by atoms with Crippen molar-refractivity contribution in [2.75, 3.05) is 13.7 Å². The minimum Gasteiger partial charge on any atom is -0.497 e. The minimum atomic E-state index is 0.648. The molecule has 0 radical (unpaired) electrons. The van der Waals surface area contributed by atoms with E-state index in [2.05, 4.69) is 27.3 Å². The van der Waals surface area contributed by atoms with E-state index in [0.717, 1.165) is 16.6 Å². The Hall–Kier alpha value is -0.540. The maximum absolute atomic E-state index is 5.17. The average Bonchev–Trinajstić information content (AvgIpc) is 2.74. The Kier molecular flexibility index (Phi) is 3.65. The van der Waals surface area contributed by atoms with Crippen LogP contribution in [0.15, 0.2) is 22.7 Å². The van der Waals surface area contributed by atoms with Gasteiger partial charge in [-0.25, -0.2) is 0 Å². The largest absolute Gasteiger partial charge is 0.497 e.